The molecule has 2 amide bonds. The van der Waals surface area contributed by atoms with Gasteiger partial charge in [-0.1, -0.05) is 39.0 Å². The minimum atomic E-state index is -0.263. The van der Waals surface area contributed by atoms with Crippen molar-refractivity contribution in [2.24, 2.45) is 0 Å². The fourth-order valence-corrected chi connectivity index (χ4v) is 3.82. The zero-order valence-corrected chi connectivity index (χ0v) is 17.0. The van der Waals surface area contributed by atoms with Crippen LogP contribution in [0.25, 0.3) is 10.8 Å². The Labute approximate surface area is 166 Å². The zero-order chi connectivity index (χ0) is 20.1. The van der Waals surface area contributed by atoms with Crippen LogP contribution in [-0.4, -0.2) is 37.0 Å². The van der Waals surface area contributed by atoms with Gasteiger partial charge in [0.15, 0.2) is 0 Å². The molecule has 2 aromatic carbocycles. The molecule has 5 heteroatoms. The number of carbonyl (C=O) groups excluding carboxylic acids is 2. The molecule has 0 radical (unpaired) electrons. The van der Waals surface area contributed by atoms with Crippen molar-refractivity contribution in [3.8, 4) is 11.5 Å². The predicted octanol–water partition coefficient (Wildman–Crippen LogP) is 5.20. The summed E-state index contributed by atoms with van der Waals surface area (Å²) in [6, 6.07) is 7.10. The quantitative estimate of drug-likeness (QED) is 0.418. The third-order valence-electron chi connectivity index (χ3n) is 5.33. The Bertz CT molecular complexity index is 852. The van der Waals surface area contributed by atoms with E-state index in [0.29, 0.717) is 46.6 Å². The summed E-state index contributed by atoms with van der Waals surface area (Å²) in [6.07, 6.45) is 7.13. The number of nitrogens with zero attached hydrogens (tertiary/aromatic N) is 1. The van der Waals surface area contributed by atoms with Gasteiger partial charge in [-0.15, -0.1) is 0 Å². The number of rotatable bonds is 10. The average molecular weight is 383 g/mol. The second-order valence-corrected chi connectivity index (χ2v) is 7.15. The molecule has 1 heterocycles. The molecule has 0 spiro atoms. The summed E-state index contributed by atoms with van der Waals surface area (Å²) in [5.41, 5.74) is 1.05. The molecule has 0 unspecified atom stereocenters. The van der Waals surface area contributed by atoms with Gasteiger partial charge in [0.1, 0.15) is 11.5 Å². The molecule has 0 aromatic heterocycles. The van der Waals surface area contributed by atoms with Crippen molar-refractivity contribution in [3.05, 3.63) is 35.4 Å². The molecule has 150 valence electrons. The van der Waals surface area contributed by atoms with Gasteiger partial charge in [0.05, 0.1) is 19.1 Å². The molecule has 0 N–H and O–H groups in total. The highest BCUT2D eigenvalue weighted by molar-refractivity contribution is 6.26. The van der Waals surface area contributed by atoms with E-state index >= 15 is 0 Å². The van der Waals surface area contributed by atoms with E-state index in [1.54, 1.807) is 32.2 Å². The highest BCUT2D eigenvalue weighted by Gasteiger charge is 2.33. The number of carbonyl (C=O) groups is 2. The predicted molar refractivity (Wildman–Crippen MR) is 110 cm³/mol. The van der Waals surface area contributed by atoms with E-state index in [2.05, 4.69) is 6.92 Å². The number of benzene rings is 2. The lowest BCUT2D eigenvalue weighted by Gasteiger charge is -2.27. The summed E-state index contributed by atoms with van der Waals surface area (Å²) in [4.78, 5) is 26.8. The van der Waals surface area contributed by atoms with Crippen LogP contribution in [0, 0.1) is 0 Å². The first kappa shape index (κ1) is 20.2. The molecule has 0 aliphatic carbocycles. The summed E-state index contributed by atoms with van der Waals surface area (Å²) in [5, 5.41) is 1.35. The molecule has 3 rings (SSSR count). The van der Waals surface area contributed by atoms with Crippen LogP contribution in [0.4, 0.5) is 0 Å². The van der Waals surface area contributed by atoms with Gasteiger partial charge in [-0.2, -0.15) is 0 Å². The lowest BCUT2D eigenvalue weighted by atomic mass is 9.93. The Kier molecular flexibility index (Phi) is 6.55. The second kappa shape index (κ2) is 9.09. The van der Waals surface area contributed by atoms with Crippen LogP contribution < -0.4 is 9.47 Å². The van der Waals surface area contributed by atoms with Gasteiger partial charge < -0.3 is 9.47 Å². The van der Waals surface area contributed by atoms with Gasteiger partial charge in [-0.25, -0.2) is 0 Å². The normalized spacial score (nSPS) is 13.3. The van der Waals surface area contributed by atoms with Gasteiger partial charge in [0.25, 0.3) is 11.8 Å². The Morgan fingerprint density at radius 3 is 2.00 bits per heavy atom. The molecular weight excluding hydrogens is 354 g/mol. The number of ether oxygens (including phenoxy) is 2. The Morgan fingerprint density at radius 2 is 1.39 bits per heavy atom. The first-order valence-electron chi connectivity index (χ1n) is 10.3. The zero-order valence-electron chi connectivity index (χ0n) is 17.0. The van der Waals surface area contributed by atoms with Crippen molar-refractivity contribution in [3.63, 3.8) is 0 Å². The van der Waals surface area contributed by atoms with E-state index < -0.39 is 0 Å². The molecule has 28 heavy (non-hydrogen) atoms. The van der Waals surface area contributed by atoms with Gasteiger partial charge >= 0.3 is 0 Å². The van der Waals surface area contributed by atoms with Crippen LogP contribution in [-0.2, 0) is 0 Å². The standard InChI is InChI=1S/C23H29NO4/c1-4-6-7-8-9-10-15-28-19-14-12-17-20-16(11-13-18(27-3)21(19)20)22(25)24(5-2)23(17)26/h11-14H,4-10,15H2,1-3H3. The Balaban J connectivity index is 1.89. The molecule has 0 saturated heterocycles. The largest absolute Gasteiger partial charge is 0.496 e. The number of amides is 2. The fraction of sp³-hybridized carbons (Fsp3) is 0.478. The highest BCUT2D eigenvalue weighted by Crippen LogP contribution is 2.41. The van der Waals surface area contributed by atoms with Crippen LogP contribution in [0.2, 0.25) is 0 Å². The number of unbranched alkanes of at least 4 members (excludes halogenated alkanes) is 5. The summed E-state index contributed by atoms with van der Waals surface area (Å²) in [5.74, 6) is 0.752. The van der Waals surface area contributed by atoms with Crippen LogP contribution >= 0.6 is 0 Å². The molecule has 2 aromatic rings. The molecule has 5 nitrogen and oxygen atoms in total. The van der Waals surface area contributed by atoms with Crippen LogP contribution in [0.15, 0.2) is 24.3 Å². The maximum absolute atomic E-state index is 12.8. The smallest absolute Gasteiger partial charge is 0.261 e. The van der Waals surface area contributed by atoms with E-state index in [4.69, 9.17) is 9.47 Å². The molecular formula is C23H29NO4. The summed E-state index contributed by atoms with van der Waals surface area (Å²) < 4.78 is 11.6. The van der Waals surface area contributed by atoms with E-state index in [-0.39, 0.29) is 11.8 Å². The van der Waals surface area contributed by atoms with Crippen LogP contribution in [0.5, 0.6) is 11.5 Å². The molecule has 0 saturated carbocycles. The minimum absolute atomic E-state index is 0.263. The number of hydrogen-bond donors (Lipinski definition) is 0. The van der Waals surface area contributed by atoms with Gasteiger partial charge in [0, 0.05) is 23.1 Å². The number of imide groups is 1. The second-order valence-electron chi connectivity index (χ2n) is 7.15. The van der Waals surface area contributed by atoms with E-state index in [0.717, 1.165) is 12.8 Å². The fourth-order valence-electron chi connectivity index (χ4n) is 3.82. The Hall–Kier alpha value is -2.56. The van der Waals surface area contributed by atoms with E-state index in [1.165, 1.54) is 30.6 Å². The lowest BCUT2D eigenvalue weighted by molar-refractivity contribution is 0.0619. The molecule has 1 aliphatic heterocycles. The average Bonchev–Trinajstić information content (AvgIpc) is 2.71. The maximum atomic E-state index is 12.8. The molecule has 0 fully saturated rings. The minimum Gasteiger partial charge on any atom is -0.496 e. The van der Waals surface area contributed by atoms with Crippen molar-refractivity contribution in [2.75, 3.05) is 20.3 Å². The van der Waals surface area contributed by atoms with Crippen molar-refractivity contribution in [1.82, 2.24) is 4.90 Å². The number of hydrogen-bond acceptors (Lipinski definition) is 4. The van der Waals surface area contributed by atoms with Gasteiger partial charge in [-0.3, -0.25) is 14.5 Å². The summed E-state index contributed by atoms with van der Waals surface area (Å²) >= 11 is 0. The summed E-state index contributed by atoms with van der Waals surface area (Å²) in [7, 11) is 1.59. The van der Waals surface area contributed by atoms with Crippen molar-refractivity contribution in [1.29, 1.82) is 0 Å². The Morgan fingerprint density at radius 1 is 0.786 bits per heavy atom. The highest BCUT2D eigenvalue weighted by atomic mass is 16.5. The van der Waals surface area contributed by atoms with Gasteiger partial charge in [0.2, 0.25) is 0 Å². The van der Waals surface area contributed by atoms with Gasteiger partial charge in [-0.05, 0) is 37.6 Å². The molecule has 1 aliphatic rings. The van der Waals surface area contributed by atoms with E-state index in [1.807, 2.05) is 6.07 Å². The molecule has 0 bridgehead atoms. The van der Waals surface area contributed by atoms with Crippen LogP contribution in [0.3, 0.4) is 0 Å². The monoisotopic (exact) mass is 383 g/mol. The topological polar surface area (TPSA) is 55.8 Å². The SMILES string of the molecule is CCCCCCCCOc1ccc2c3c(ccc(OC)c13)C(=O)N(CC)C2=O. The summed E-state index contributed by atoms with van der Waals surface area (Å²) in [6.45, 7) is 4.97. The number of methoxy groups -OCH3 is 1. The third kappa shape index (κ3) is 3.71. The first-order valence-corrected chi connectivity index (χ1v) is 10.3. The third-order valence-corrected chi connectivity index (χ3v) is 5.33. The lowest BCUT2D eigenvalue weighted by Crippen LogP contribution is -2.40. The van der Waals surface area contributed by atoms with E-state index in [9.17, 15) is 9.59 Å². The first-order chi connectivity index (χ1) is 13.6. The van der Waals surface area contributed by atoms with Crippen molar-refractivity contribution in [2.45, 2.75) is 52.4 Å². The van der Waals surface area contributed by atoms with Crippen LogP contribution in [0.1, 0.15) is 73.1 Å². The maximum Gasteiger partial charge on any atom is 0.261 e. The molecule has 0 atom stereocenters. The van der Waals surface area contributed by atoms with Crippen molar-refractivity contribution >= 4 is 22.6 Å². The van der Waals surface area contributed by atoms with Crippen molar-refractivity contribution < 1.29 is 19.1 Å².